The number of carbonyl (C=O) groups is 1. The smallest absolute Gasteiger partial charge is 0.252 e. The van der Waals surface area contributed by atoms with Gasteiger partial charge in [-0.1, -0.05) is 24.3 Å². The molecule has 0 aliphatic carbocycles. The summed E-state index contributed by atoms with van der Waals surface area (Å²) in [5, 5.41) is 2.91. The summed E-state index contributed by atoms with van der Waals surface area (Å²) in [6, 6.07) is 14.1. The van der Waals surface area contributed by atoms with E-state index in [0.717, 1.165) is 66.5 Å². The summed E-state index contributed by atoms with van der Waals surface area (Å²) < 4.78 is 4.37. The Labute approximate surface area is 221 Å². The van der Waals surface area contributed by atoms with Crippen LogP contribution in [0, 0.1) is 6.92 Å². The van der Waals surface area contributed by atoms with Crippen LogP contribution >= 0.6 is 22.9 Å². The van der Waals surface area contributed by atoms with Gasteiger partial charge in [-0.25, -0.2) is 8.10 Å². The van der Waals surface area contributed by atoms with E-state index < -0.39 is 0 Å². The molecule has 0 atom stereocenters. The molecule has 7 nitrogen and oxygen atoms in total. The Bertz CT molecular complexity index is 1230. The van der Waals surface area contributed by atoms with Crippen molar-refractivity contribution in [1.82, 2.24) is 18.0 Å². The fourth-order valence-corrected chi connectivity index (χ4v) is 4.57. The number of aliphatic imine (C=N–C) groups is 1. The molecule has 1 saturated heterocycles. The minimum atomic E-state index is -0.121. The number of nitrogens with one attached hydrogen (secondary N) is 1. The standard InChI is InChI=1S/C27H31IN6O/c1-4-6-21-15-22(26-18-30-20(2)32(26)3)9-10-24(21)17-29-19-31-27(35)23-7-5-8-25(16-23)33-11-13-34(28)14-12-33/h4-5,7-10,15-18H,1,6,11-14,19H2,2-3H3,(H,31,35). The van der Waals surface area contributed by atoms with Crippen LogP contribution in [0.1, 0.15) is 27.3 Å². The summed E-state index contributed by atoms with van der Waals surface area (Å²) in [4.78, 5) is 23.9. The van der Waals surface area contributed by atoms with Gasteiger partial charge in [0, 0.05) is 79.1 Å². The van der Waals surface area contributed by atoms with Crippen LogP contribution in [0.15, 0.2) is 66.3 Å². The maximum absolute atomic E-state index is 12.7. The predicted molar refractivity (Wildman–Crippen MR) is 151 cm³/mol. The number of hydrogen-bond donors (Lipinski definition) is 1. The molecule has 2 heterocycles. The van der Waals surface area contributed by atoms with Crippen molar-refractivity contribution in [2.24, 2.45) is 12.0 Å². The maximum Gasteiger partial charge on any atom is 0.252 e. The van der Waals surface area contributed by atoms with E-state index in [9.17, 15) is 4.79 Å². The third-order valence-electron chi connectivity index (χ3n) is 6.28. The van der Waals surface area contributed by atoms with E-state index in [1.54, 1.807) is 0 Å². The lowest BCUT2D eigenvalue weighted by Gasteiger charge is -2.33. The first-order valence-electron chi connectivity index (χ1n) is 11.7. The number of aromatic nitrogens is 2. The summed E-state index contributed by atoms with van der Waals surface area (Å²) in [6.45, 7) is 10.1. The highest BCUT2D eigenvalue weighted by Crippen LogP contribution is 2.23. The number of nitrogens with zero attached hydrogens (tertiary/aromatic N) is 5. The van der Waals surface area contributed by atoms with Crippen molar-refractivity contribution in [3.05, 3.63) is 83.8 Å². The number of aryl methyl sites for hydroxylation is 1. The Morgan fingerprint density at radius 1 is 1.20 bits per heavy atom. The number of rotatable bonds is 8. The largest absolute Gasteiger partial charge is 0.369 e. The zero-order chi connectivity index (χ0) is 24.8. The Hall–Kier alpha value is -2.98. The lowest BCUT2D eigenvalue weighted by Crippen LogP contribution is -2.42. The molecule has 0 radical (unpaired) electrons. The molecule has 0 bridgehead atoms. The molecule has 8 heteroatoms. The first-order valence-corrected chi connectivity index (χ1v) is 12.7. The van der Waals surface area contributed by atoms with E-state index in [1.165, 1.54) is 0 Å². The van der Waals surface area contributed by atoms with Crippen molar-refractivity contribution in [1.29, 1.82) is 0 Å². The second-order valence-corrected chi connectivity index (χ2v) is 9.94. The molecule has 182 valence electrons. The van der Waals surface area contributed by atoms with Gasteiger partial charge in [-0.15, -0.1) is 6.58 Å². The Morgan fingerprint density at radius 2 is 2.00 bits per heavy atom. The minimum Gasteiger partial charge on any atom is -0.369 e. The number of benzene rings is 2. The average Bonchev–Trinajstić information content (AvgIpc) is 3.21. The van der Waals surface area contributed by atoms with Crippen LogP contribution in [-0.2, 0) is 13.5 Å². The van der Waals surface area contributed by atoms with Crippen molar-refractivity contribution in [2.75, 3.05) is 37.7 Å². The molecule has 3 aromatic rings. The molecule has 1 amide bonds. The highest BCUT2D eigenvalue weighted by molar-refractivity contribution is 14.1. The second-order valence-electron chi connectivity index (χ2n) is 8.58. The predicted octanol–water partition coefficient (Wildman–Crippen LogP) is 4.40. The summed E-state index contributed by atoms with van der Waals surface area (Å²) in [7, 11) is 2.02. The molecule has 1 fully saturated rings. The first-order chi connectivity index (χ1) is 17.0. The van der Waals surface area contributed by atoms with Gasteiger partial charge in [0.25, 0.3) is 5.91 Å². The lowest BCUT2D eigenvalue weighted by molar-refractivity contribution is 0.0955. The van der Waals surface area contributed by atoms with Crippen LogP contribution in [0.5, 0.6) is 0 Å². The van der Waals surface area contributed by atoms with E-state index in [2.05, 4.69) is 81.6 Å². The van der Waals surface area contributed by atoms with Gasteiger partial charge >= 0.3 is 0 Å². The van der Waals surface area contributed by atoms with Gasteiger partial charge in [0.1, 0.15) is 12.5 Å². The van der Waals surface area contributed by atoms with Crippen molar-refractivity contribution in [3.63, 3.8) is 0 Å². The fourth-order valence-electron chi connectivity index (χ4n) is 4.14. The lowest BCUT2D eigenvalue weighted by atomic mass is 10.0. The summed E-state index contributed by atoms with van der Waals surface area (Å²) >= 11 is 2.36. The monoisotopic (exact) mass is 582 g/mol. The molecule has 0 unspecified atom stereocenters. The normalized spacial score (nSPS) is 14.4. The third kappa shape index (κ3) is 6.18. The van der Waals surface area contributed by atoms with Crippen molar-refractivity contribution < 1.29 is 4.79 Å². The summed E-state index contributed by atoms with van der Waals surface area (Å²) in [5.74, 6) is 0.852. The molecule has 1 aromatic heterocycles. The van der Waals surface area contributed by atoms with Crippen LogP contribution in [0.2, 0.25) is 0 Å². The number of amides is 1. The van der Waals surface area contributed by atoms with Crippen molar-refractivity contribution in [2.45, 2.75) is 13.3 Å². The van der Waals surface area contributed by atoms with Gasteiger partial charge in [-0.05, 0) is 48.7 Å². The van der Waals surface area contributed by atoms with E-state index in [0.29, 0.717) is 5.56 Å². The number of hydrogen-bond acceptors (Lipinski definition) is 5. The fraction of sp³-hybridized carbons (Fsp3) is 0.296. The van der Waals surface area contributed by atoms with Crippen LogP contribution in [0.25, 0.3) is 11.3 Å². The number of anilines is 1. The highest BCUT2D eigenvalue weighted by atomic mass is 127. The highest BCUT2D eigenvalue weighted by Gasteiger charge is 2.16. The quantitative estimate of drug-likeness (QED) is 0.185. The van der Waals surface area contributed by atoms with Crippen molar-refractivity contribution in [3.8, 4) is 11.3 Å². The summed E-state index contributed by atoms with van der Waals surface area (Å²) in [5.41, 5.74) is 6.06. The SMILES string of the molecule is C=CCc1cc(-c2cnc(C)n2C)ccc1C=NCNC(=O)c1cccc(N2CCN(I)CC2)c1. The second kappa shape index (κ2) is 11.6. The van der Waals surface area contributed by atoms with E-state index in [4.69, 9.17) is 0 Å². The third-order valence-corrected chi connectivity index (χ3v) is 7.25. The molecule has 1 aliphatic heterocycles. The Kier molecular flexibility index (Phi) is 8.35. The molecule has 0 spiro atoms. The number of piperazine rings is 1. The molecule has 1 aliphatic rings. The van der Waals surface area contributed by atoms with Gasteiger partial charge in [0.15, 0.2) is 0 Å². The molecular weight excluding hydrogens is 551 g/mol. The van der Waals surface area contributed by atoms with Crippen LogP contribution in [0.3, 0.4) is 0 Å². The van der Waals surface area contributed by atoms with Gasteiger partial charge in [0.05, 0.1) is 11.9 Å². The molecular formula is C27H31IN6O. The number of halogens is 1. The maximum atomic E-state index is 12.7. The molecule has 0 saturated carbocycles. The van der Waals surface area contributed by atoms with Gasteiger partial charge in [-0.2, -0.15) is 0 Å². The van der Waals surface area contributed by atoms with Crippen molar-refractivity contribution >= 4 is 40.7 Å². The number of allylic oxidation sites excluding steroid dienone is 1. The van der Waals surface area contributed by atoms with Gasteiger partial charge in [0.2, 0.25) is 0 Å². The molecule has 2 aromatic carbocycles. The minimum absolute atomic E-state index is 0.121. The van der Waals surface area contributed by atoms with Gasteiger partial charge < -0.3 is 14.8 Å². The zero-order valence-corrected chi connectivity index (χ0v) is 22.4. The summed E-state index contributed by atoms with van der Waals surface area (Å²) in [6.07, 6.45) is 6.33. The number of imidazole rings is 1. The van der Waals surface area contributed by atoms with Crippen LogP contribution in [-0.4, -0.2) is 57.6 Å². The van der Waals surface area contributed by atoms with Gasteiger partial charge in [-0.3, -0.25) is 9.79 Å². The molecule has 4 rings (SSSR count). The Morgan fingerprint density at radius 3 is 2.71 bits per heavy atom. The molecule has 35 heavy (non-hydrogen) atoms. The van der Waals surface area contributed by atoms with Crippen LogP contribution < -0.4 is 10.2 Å². The topological polar surface area (TPSA) is 65.8 Å². The van der Waals surface area contributed by atoms with E-state index in [1.807, 2.05) is 50.7 Å². The van der Waals surface area contributed by atoms with E-state index >= 15 is 0 Å². The zero-order valence-electron chi connectivity index (χ0n) is 20.2. The van der Waals surface area contributed by atoms with E-state index in [-0.39, 0.29) is 12.6 Å². The average molecular weight is 582 g/mol. The number of carbonyl (C=O) groups excluding carboxylic acids is 1. The first kappa shape index (κ1) is 25.1. The molecule has 1 N–H and O–H groups in total. The van der Waals surface area contributed by atoms with Crippen LogP contribution in [0.4, 0.5) is 5.69 Å². The Balaban J connectivity index is 1.39.